The van der Waals surface area contributed by atoms with E-state index in [1.165, 1.54) is 25.7 Å². The Hall–Kier alpha value is -1.59. The number of amides is 3. The maximum absolute atomic E-state index is 12.0. The summed E-state index contributed by atoms with van der Waals surface area (Å²) < 4.78 is 0. The molecule has 0 aromatic carbocycles. The molecule has 2 saturated carbocycles. The summed E-state index contributed by atoms with van der Waals surface area (Å²) in [6.45, 7) is 3.92. The van der Waals surface area contributed by atoms with E-state index in [9.17, 15) is 14.4 Å². The number of hydrogen-bond acceptors (Lipinski definition) is 3. The van der Waals surface area contributed by atoms with Crippen molar-refractivity contribution in [1.82, 2.24) is 15.5 Å². The van der Waals surface area contributed by atoms with Gasteiger partial charge in [0, 0.05) is 32.1 Å². The molecular formula is C18H29N3O3. The Morgan fingerprint density at radius 3 is 2.71 bits per heavy atom. The molecule has 3 fully saturated rings. The van der Waals surface area contributed by atoms with E-state index < -0.39 is 11.8 Å². The van der Waals surface area contributed by atoms with Gasteiger partial charge >= 0.3 is 11.8 Å². The third kappa shape index (κ3) is 3.90. The Labute approximate surface area is 143 Å². The maximum atomic E-state index is 12.0. The van der Waals surface area contributed by atoms with Crippen LogP contribution in [-0.4, -0.2) is 48.3 Å². The van der Waals surface area contributed by atoms with Crippen LogP contribution in [0.15, 0.2) is 0 Å². The zero-order chi connectivity index (χ0) is 17.1. The summed E-state index contributed by atoms with van der Waals surface area (Å²) in [4.78, 5) is 37.3. The molecule has 3 rings (SSSR count). The molecule has 1 aliphatic heterocycles. The summed E-state index contributed by atoms with van der Waals surface area (Å²) >= 11 is 0. The van der Waals surface area contributed by atoms with E-state index >= 15 is 0 Å². The summed E-state index contributed by atoms with van der Waals surface area (Å²) in [5, 5.41) is 5.54. The largest absolute Gasteiger partial charge is 0.348 e. The maximum Gasteiger partial charge on any atom is 0.309 e. The Bertz CT molecular complexity index is 508. The fraction of sp³-hybridized carbons (Fsp3) is 0.833. The minimum absolute atomic E-state index is 0.0702. The Morgan fingerprint density at radius 2 is 2.08 bits per heavy atom. The lowest BCUT2D eigenvalue weighted by Gasteiger charge is -2.28. The Morgan fingerprint density at radius 1 is 1.25 bits per heavy atom. The van der Waals surface area contributed by atoms with Gasteiger partial charge in [0.05, 0.1) is 0 Å². The molecular weight excluding hydrogens is 306 g/mol. The Balaban J connectivity index is 1.32. The fourth-order valence-electron chi connectivity index (χ4n) is 4.78. The number of rotatable bonds is 6. The van der Waals surface area contributed by atoms with Crippen LogP contribution in [0.3, 0.4) is 0 Å². The van der Waals surface area contributed by atoms with Crippen LogP contribution in [0.5, 0.6) is 0 Å². The normalized spacial score (nSPS) is 29.8. The molecule has 6 heteroatoms. The van der Waals surface area contributed by atoms with Gasteiger partial charge in [-0.05, 0) is 56.8 Å². The fourth-order valence-corrected chi connectivity index (χ4v) is 4.78. The highest BCUT2D eigenvalue weighted by Gasteiger charge is 2.42. The first-order valence-corrected chi connectivity index (χ1v) is 9.41. The number of carbonyl (C=O) groups excluding carboxylic acids is 3. The summed E-state index contributed by atoms with van der Waals surface area (Å²) in [6.07, 6.45) is 7.35. The molecule has 0 aromatic heterocycles. The predicted molar refractivity (Wildman–Crippen MR) is 90.0 cm³/mol. The number of nitrogens with one attached hydrogen (secondary N) is 2. The molecule has 0 aromatic rings. The molecule has 0 radical (unpaired) electrons. The summed E-state index contributed by atoms with van der Waals surface area (Å²) in [5.41, 5.74) is 0. The van der Waals surface area contributed by atoms with Crippen molar-refractivity contribution in [3.05, 3.63) is 0 Å². The van der Waals surface area contributed by atoms with Crippen molar-refractivity contribution in [3.8, 4) is 0 Å². The molecule has 4 unspecified atom stereocenters. The lowest BCUT2D eigenvalue weighted by molar-refractivity contribution is -0.139. The van der Waals surface area contributed by atoms with Gasteiger partial charge in [0.25, 0.3) is 0 Å². The molecule has 3 amide bonds. The quantitative estimate of drug-likeness (QED) is 0.563. The highest BCUT2D eigenvalue weighted by atomic mass is 16.2. The minimum atomic E-state index is -0.558. The molecule has 3 aliphatic rings. The van der Waals surface area contributed by atoms with Gasteiger partial charge < -0.3 is 15.5 Å². The van der Waals surface area contributed by atoms with Crippen molar-refractivity contribution >= 4 is 17.7 Å². The van der Waals surface area contributed by atoms with Crippen molar-refractivity contribution in [1.29, 1.82) is 0 Å². The van der Waals surface area contributed by atoms with Crippen molar-refractivity contribution in [2.24, 2.45) is 17.8 Å². The van der Waals surface area contributed by atoms with E-state index in [0.717, 1.165) is 24.8 Å². The monoisotopic (exact) mass is 335 g/mol. The van der Waals surface area contributed by atoms with Gasteiger partial charge in [0.15, 0.2) is 0 Å². The lowest BCUT2D eigenvalue weighted by Crippen LogP contribution is -2.47. The highest BCUT2D eigenvalue weighted by Crippen LogP contribution is 2.49. The zero-order valence-corrected chi connectivity index (χ0v) is 14.6. The summed E-state index contributed by atoms with van der Waals surface area (Å²) in [7, 11) is 0. The molecule has 2 bridgehead atoms. The van der Waals surface area contributed by atoms with Crippen LogP contribution < -0.4 is 10.6 Å². The third-order valence-electron chi connectivity index (χ3n) is 6.06. The molecule has 1 saturated heterocycles. The van der Waals surface area contributed by atoms with Crippen LogP contribution in [0, 0.1) is 17.8 Å². The lowest BCUT2D eigenvalue weighted by atomic mass is 9.84. The Kier molecular flexibility index (Phi) is 5.41. The highest BCUT2D eigenvalue weighted by molar-refractivity contribution is 6.35. The average molecular weight is 335 g/mol. The van der Waals surface area contributed by atoms with E-state index in [1.807, 2.05) is 11.8 Å². The second-order valence-electron chi connectivity index (χ2n) is 7.69. The molecule has 134 valence electrons. The first kappa shape index (κ1) is 17.2. The van der Waals surface area contributed by atoms with Gasteiger partial charge in [0.1, 0.15) is 0 Å². The van der Waals surface area contributed by atoms with Gasteiger partial charge in [0.2, 0.25) is 5.91 Å². The second-order valence-corrected chi connectivity index (χ2v) is 7.69. The summed E-state index contributed by atoms with van der Waals surface area (Å²) in [6, 6.07) is 0.0702. The van der Waals surface area contributed by atoms with Gasteiger partial charge in [-0.15, -0.1) is 0 Å². The van der Waals surface area contributed by atoms with Crippen LogP contribution in [0.4, 0.5) is 0 Å². The van der Waals surface area contributed by atoms with Crippen LogP contribution in [0.2, 0.25) is 0 Å². The van der Waals surface area contributed by atoms with E-state index in [-0.39, 0.29) is 11.9 Å². The summed E-state index contributed by atoms with van der Waals surface area (Å²) in [5.74, 6) is 1.20. The van der Waals surface area contributed by atoms with E-state index in [0.29, 0.717) is 31.8 Å². The number of carbonyl (C=O) groups is 3. The van der Waals surface area contributed by atoms with Crippen molar-refractivity contribution in [2.75, 3.05) is 19.6 Å². The molecule has 6 nitrogen and oxygen atoms in total. The SMILES string of the molecule is CC(NC(=O)C(=O)NCCCN1CCCC1=O)C1CC2CCC1C2. The first-order valence-electron chi connectivity index (χ1n) is 9.41. The molecule has 2 N–H and O–H groups in total. The predicted octanol–water partition coefficient (Wildman–Crippen LogP) is 1.06. The average Bonchev–Trinajstić information content (AvgIpc) is 3.28. The molecule has 1 heterocycles. The smallest absolute Gasteiger partial charge is 0.309 e. The van der Waals surface area contributed by atoms with Crippen LogP contribution in [-0.2, 0) is 14.4 Å². The van der Waals surface area contributed by atoms with Crippen molar-refractivity contribution in [3.63, 3.8) is 0 Å². The van der Waals surface area contributed by atoms with Gasteiger partial charge in [-0.25, -0.2) is 0 Å². The van der Waals surface area contributed by atoms with Gasteiger partial charge in [-0.2, -0.15) is 0 Å². The molecule has 24 heavy (non-hydrogen) atoms. The van der Waals surface area contributed by atoms with Crippen molar-refractivity contribution < 1.29 is 14.4 Å². The van der Waals surface area contributed by atoms with Crippen LogP contribution in [0.1, 0.15) is 51.9 Å². The van der Waals surface area contributed by atoms with Gasteiger partial charge in [-0.1, -0.05) is 6.42 Å². The second kappa shape index (κ2) is 7.53. The number of likely N-dealkylation sites (tertiary alicyclic amines) is 1. The topological polar surface area (TPSA) is 78.5 Å². The van der Waals surface area contributed by atoms with Gasteiger partial charge in [-0.3, -0.25) is 14.4 Å². The molecule has 4 atom stereocenters. The van der Waals surface area contributed by atoms with Crippen LogP contribution in [0.25, 0.3) is 0 Å². The van der Waals surface area contributed by atoms with E-state index in [1.54, 1.807) is 0 Å². The molecule has 2 aliphatic carbocycles. The number of nitrogens with zero attached hydrogens (tertiary/aromatic N) is 1. The van der Waals surface area contributed by atoms with Crippen LogP contribution >= 0.6 is 0 Å². The molecule has 0 spiro atoms. The zero-order valence-electron chi connectivity index (χ0n) is 14.6. The minimum Gasteiger partial charge on any atom is -0.348 e. The van der Waals surface area contributed by atoms with E-state index in [2.05, 4.69) is 10.6 Å². The number of hydrogen-bond donors (Lipinski definition) is 2. The van der Waals surface area contributed by atoms with Crippen molar-refractivity contribution in [2.45, 2.75) is 57.9 Å². The third-order valence-corrected chi connectivity index (χ3v) is 6.06. The standard InChI is InChI=1S/C18H29N3O3/c1-12(15-11-13-5-6-14(15)10-13)20-18(24)17(23)19-7-3-9-21-8-2-4-16(21)22/h12-15H,2-11H2,1H3,(H,19,23)(H,20,24). The first-order chi connectivity index (χ1) is 11.5. The number of fused-ring (bicyclic) bond motifs is 2. The van der Waals surface area contributed by atoms with E-state index in [4.69, 9.17) is 0 Å².